The molecule has 2 amide bonds. The van der Waals surface area contributed by atoms with E-state index in [2.05, 4.69) is 5.32 Å². The van der Waals surface area contributed by atoms with Crippen molar-refractivity contribution in [2.45, 2.75) is 59.6 Å². The lowest BCUT2D eigenvalue weighted by molar-refractivity contribution is -0.152. The van der Waals surface area contributed by atoms with Crippen molar-refractivity contribution in [1.82, 2.24) is 10.8 Å². The molecular weight excluding hydrogens is 360 g/mol. The number of nitrogens with one attached hydrogen (secondary N) is 2. The van der Waals surface area contributed by atoms with Crippen molar-refractivity contribution in [2.24, 2.45) is 17.8 Å². The third kappa shape index (κ3) is 7.68. The summed E-state index contributed by atoms with van der Waals surface area (Å²) < 4.78 is 5.30. The number of benzene rings is 1. The van der Waals surface area contributed by atoms with Gasteiger partial charge >= 0.3 is 5.97 Å². The fourth-order valence-electron chi connectivity index (χ4n) is 2.97. The Morgan fingerprint density at radius 1 is 1.00 bits per heavy atom. The molecule has 0 bridgehead atoms. The summed E-state index contributed by atoms with van der Waals surface area (Å²) in [6.45, 7) is 8.95. The van der Waals surface area contributed by atoms with Crippen molar-refractivity contribution in [3.8, 4) is 0 Å². The van der Waals surface area contributed by atoms with Crippen molar-refractivity contribution in [3.63, 3.8) is 0 Å². The Morgan fingerprint density at radius 2 is 1.61 bits per heavy atom. The summed E-state index contributed by atoms with van der Waals surface area (Å²) in [7, 11) is 0. The summed E-state index contributed by atoms with van der Waals surface area (Å²) in [6.07, 6.45) is 0.415. The smallest absolute Gasteiger partial charge is 0.329 e. The first-order valence-electron chi connectivity index (χ1n) is 9.64. The fourth-order valence-corrected chi connectivity index (χ4v) is 2.97. The van der Waals surface area contributed by atoms with Gasteiger partial charge in [-0.1, -0.05) is 51.1 Å². The van der Waals surface area contributed by atoms with E-state index in [1.807, 2.05) is 44.2 Å². The minimum atomic E-state index is -0.864. The molecule has 0 saturated heterocycles. The third-order valence-electron chi connectivity index (χ3n) is 4.42. The topological polar surface area (TPSA) is 105 Å². The van der Waals surface area contributed by atoms with Crippen LogP contribution in [0.4, 0.5) is 0 Å². The van der Waals surface area contributed by atoms with Crippen LogP contribution in [0.2, 0.25) is 0 Å². The van der Waals surface area contributed by atoms with Crippen LogP contribution in [0.15, 0.2) is 30.3 Å². The molecule has 7 nitrogen and oxygen atoms in total. The lowest BCUT2D eigenvalue weighted by Crippen LogP contribution is -2.49. The van der Waals surface area contributed by atoms with Crippen LogP contribution >= 0.6 is 0 Å². The van der Waals surface area contributed by atoms with Gasteiger partial charge in [0.15, 0.2) is 0 Å². The first-order valence-corrected chi connectivity index (χ1v) is 9.64. The molecule has 0 aliphatic rings. The average Bonchev–Trinajstić information content (AvgIpc) is 2.64. The van der Waals surface area contributed by atoms with Crippen LogP contribution in [0, 0.1) is 17.8 Å². The molecule has 0 saturated carbocycles. The van der Waals surface area contributed by atoms with Crippen LogP contribution in [0.1, 0.15) is 46.6 Å². The molecule has 0 aliphatic carbocycles. The molecule has 0 aliphatic heterocycles. The Bertz CT molecular complexity index is 645. The number of hydrogen-bond donors (Lipinski definition) is 3. The Morgan fingerprint density at radius 3 is 2.11 bits per heavy atom. The maximum absolute atomic E-state index is 13.0. The highest BCUT2D eigenvalue weighted by Crippen LogP contribution is 2.22. The molecular formula is C21H32N2O5. The Kier molecular flexibility index (Phi) is 9.65. The first kappa shape index (κ1) is 23.6. The van der Waals surface area contributed by atoms with Crippen LogP contribution in [0.5, 0.6) is 0 Å². The Hall–Kier alpha value is -2.41. The lowest BCUT2D eigenvalue weighted by Gasteiger charge is -2.26. The summed E-state index contributed by atoms with van der Waals surface area (Å²) in [5, 5.41) is 11.7. The molecule has 7 heteroatoms. The van der Waals surface area contributed by atoms with Crippen LogP contribution in [0.3, 0.4) is 0 Å². The van der Waals surface area contributed by atoms with Crippen LogP contribution in [-0.2, 0) is 25.5 Å². The largest absolute Gasteiger partial charge is 0.461 e. The van der Waals surface area contributed by atoms with Gasteiger partial charge in [-0.2, -0.15) is 0 Å². The molecule has 0 aromatic heterocycles. The maximum atomic E-state index is 13.0. The molecule has 1 aromatic rings. The van der Waals surface area contributed by atoms with Gasteiger partial charge in [0, 0.05) is 18.3 Å². The molecule has 0 fully saturated rings. The summed E-state index contributed by atoms with van der Waals surface area (Å²) in [4.78, 5) is 37.4. The molecule has 1 aromatic carbocycles. The number of hydrogen-bond acceptors (Lipinski definition) is 5. The van der Waals surface area contributed by atoms with Gasteiger partial charge in [0.25, 0.3) is 0 Å². The summed E-state index contributed by atoms with van der Waals surface area (Å²) >= 11 is 0. The SMILES string of the molecule is CC(C)C[C@@H](C(=O)N[C@@H](Cc1ccccc1)C(=O)OC(C)C)[C@H](C)C(=O)NO. The second-order valence-electron chi connectivity index (χ2n) is 7.74. The van der Waals surface area contributed by atoms with Gasteiger partial charge in [0.05, 0.1) is 6.10 Å². The molecule has 0 spiro atoms. The van der Waals surface area contributed by atoms with E-state index in [4.69, 9.17) is 9.94 Å². The van der Waals surface area contributed by atoms with Crippen molar-refractivity contribution in [1.29, 1.82) is 0 Å². The lowest BCUT2D eigenvalue weighted by atomic mass is 9.85. The predicted octanol–water partition coefficient (Wildman–Crippen LogP) is 2.47. The molecule has 3 N–H and O–H groups in total. The van der Waals surface area contributed by atoms with E-state index in [0.29, 0.717) is 6.42 Å². The normalized spacial score (nSPS) is 14.3. The zero-order valence-electron chi connectivity index (χ0n) is 17.3. The highest BCUT2D eigenvalue weighted by molar-refractivity contribution is 5.90. The molecule has 3 atom stereocenters. The monoisotopic (exact) mass is 392 g/mol. The van der Waals surface area contributed by atoms with Gasteiger partial charge in [0.2, 0.25) is 11.8 Å². The van der Waals surface area contributed by atoms with Crippen molar-refractivity contribution in [3.05, 3.63) is 35.9 Å². The van der Waals surface area contributed by atoms with E-state index in [0.717, 1.165) is 5.56 Å². The van der Waals surface area contributed by atoms with Crippen molar-refractivity contribution < 1.29 is 24.3 Å². The zero-order valence-corrected chi connectivity index (χ0v) is 17.3. The minimum Gasteiger partial charge on any atom is -0.461 e. The van der Waals surface area contributed by atoms with Crippen LogP contribution < -0.4 is 10.8 Å². The number of amides is 2. The zero-order chi connectivity index (χ0) is 21.3. The van der Waals surface area contributed by atoms with Gasteiger partial charge < -0.3 is 10.1 Å². The number of hydroxylamine groups is 1. The second kappa shape index (κ2) is 11.4. The Labute approximate surface area is 166 Å². The van der Waals surface area contributed by atoms with Crippen LogP contribution in [-0.4, -0.2) is 35.1 Å². The molecule has 0 heterocycles. The maximum Gasteiger partial charge on any atom is 0.329 e. The van der Waals surface area contributed by atoms with E-state index in [-0.39, 0.29) is 18.4 Å². The molecule has 0 radical (unpaired) electrons. The third-order valence-corrected chi connectivity index (χ3v) is 4.42. The summed E-state index contributed by atoms with van der Waals surface area (Å²) in [5.74, 6) is -2.84. The van der Waals surface area contributed by atoms with E-state index in [1.54, 1.807) is 26.3 Å². The Balaban J connectivity index is 3.02. The van der Waals surface area contributed by atoms with E-state index >= 15 is 0 Å². The minimum absolute atomic E-state index is 0.153. The van der Waals surface area contributed by atoms with E-state index < -0.39 is 35.7 Å². The van der Waals surface area contributed by atoms with Crippen LogP contribution in [0.25, 0.3) is 0 Å². The number of carbonyl (C=O) groups is 3. The summed E-state index contributed by atoms with van der Waals surface area (Å²) in [5.41, 5.74) is 2.49. The van der Waals surface area contributed by atoms with Crippen molar-refractivity contribution in [2.75, 3.05) is 0 Å². The highest BCUT2D eigenvalue weighted by atomic mass is 16.5. The molecule has 156 valence electrons. The molecule has 28 heavy (non-hydrogen) atoms. The number of carbonyl (C=O) groups excluding carboxylic acids is 3. The average molecular weight is 392 g/mol. The predicted molar refractivity (Wildman–Crippen MR) is 105 cm³/mol. The van der Waals surface area contributed by atoms with Gasteiger partial charge in [-0.3, -0.25) is 14.8 Å². The van der Waals surface area contributed by atoms with Gasteiger partial charge in [0.1, 0.15) is 6.04 Å². The van der Waals surface area contributed by atoms with E-state index in [9.17, 15) is 14.4 Å². The van der Waals surface area contributed by atoms with Gasteiger partial charge in [-0.05, 0) is 31.7 Å². The summed E-state index contributed by atoms with van der Waals surface area (Å²) in [6, 6.07) is 8.47. The molecule has 1 rings (SSSR count). The first-order chi connectivity index (χ1) is 13.1. The van der Waals surface area contributed by atoms with E-state index in [1.165, 1.54) is 0 Å². The van der Waals surface area contributed by atoms with Gasteiger partial charge in [-0.25, -0.2) is 10.3 Å². The fraction of sp³-hybridized carbons (Fsp3) is 0.571. The standard InChI is InChI=1S/C21H32N2O5/c1-13(2)11-17(15(5)19(24)23-27)20(25)22-18(21(26)28-14(3)4)12-16-9-7-6-8-10-16/h6-10,13-15,17-18,27H,11-12H2,1-5H3,(H,22,25)(H,23,24)/t15-,17+,18-/m0/s1. The number of esters is 1. The quantitative estimate of drug-likeness (QED) is 0.322. The van der Waals surface area contributed by atoms with Crippen molar-refractivity contribution >= 4 is 17.8 Å². The second-order valence-corrected chi connectivity index (χ2v) is 7.74. The highest BCUT2D eigenvalue weighted by Gasteiger charge is 2.33. The number of ether oxygens (including phenoxy) is 1. The molecule has 0 unspecified atom stereocenters. The van der Waals surface area contributed by atoms with Gasteiger partial charge in [-0.15, -0.1) is 0 Å². The number of rotatable bonds is 10.